The predicted molar refractivity (Wildman–Crippen MR) is 80.9 cm³/mol. The first kappa shape index (κ1) is 14.9. The summed E-state index contributed by atoms with van der Waals surface area (Å²) in [5.74, 6) is 0.970. The summed E-state index contributed by atoms with van der Waals surface area (Å²) in [7, 11) is 1.87. The molecule has 1 aromatic carbocycles. The summed E-state index contributed by atoms with van der Waals surface area (Å²) in [5.41, 5.74) is 3.26. The van der Waals surface area contributed by atoms with Crippen LogP contribution >= 0.6 is 0 Å². The molecule has 0 saturated heterocycles. The number of nitrogens with zero attached hydrogens (tertiary/aromatic N) is 1. The first-order chi connectivity index (χ1) is 9.49. The summed E-state index contributed by atoms with van der Waals surface area (Å²) < 4.78 is 6.22. The highest BCUT2D eigenvalue weighted by molar-refractivity contribution is 5.42. The van der Waals surface area contributed by atoms with E-state index < -0.39 is 5.54 Å². The molecule has 3 heteroatoms. The second-order valence-corrected chi connectivity index (χ2v) is 5.99. The molecule has 2 atom stereocenters. The van der Waals surface area contributed by atoms with Gasteiger partial charge in [-0.2, -0.15) is 5.26 Å². The lowest BCUT2D eigenvalue weighted by atomic mass is 9.81. The van der Waals surface area contributed by atoms with Crippen LogP contribution in [0.4, 0.5) is 0 Å². The number of hydrogen-bond acceptors (Lipinski definition) is 3. The van der Waals surface area contributed by atoms with Crippen LogP contribution in [0.3, 0.4) is 0 Å². The Morgan fingerprint density at radius 2 is 2.10 bits per heavy atom. The van der Waals surface area contributed by atoms with E-state index in [9.17, 15) is 5.26 Å². The van der Waals surface area contributed by atoms with Crippen molar-refractivity contribution in [2.24, 2.45) is 0 Å². The number of nitriles is 1. The van der Waals surface area contributed by atoms with Crippen LogP contribution in [0.5, 0.6) is 5.75 Å². The standard InChI is InChI=1S/C17H24N2O/c1-12-8-13(2)14(3)16(9-12)20-15-6-5-7-17(10-15,11-18)19-4/h8-9,15,19H,5-7,10H2,1-4H3. The molecule has 1 aliphatic rings. The Morgan fingerprint density at radius 1 is 1.35 bits per heavy atom. The van der Waals surface area contributed by atoms with Gasteiger partial charge in [-0.05, 0) is 69.8 Å². The lowest BCUT2D eigenvalue weighted by Crippen LogP contribution is -2.48. The monoisotopic (exact) mass is 272 g/mol. The molecule has 108 valence electrons. The van der Waals surface area contributed by atoms with Gasteiger partial charge in [-0.3, -0.25) is 0 Å². The van der Waals surface area contributed by atoms with E-state index in [0.29, 0.717) is 0 Å². The normalized spacial score (nSPS) is 26.1. The minimum atomic E-state index is -0.421. The molecule has 20 heavy (non-hydrogen) atoms. The van der Waals surface area contributed by atoms with Gasteiger partial charge in [0.2, 0.25) is 0 Å². The molecule has 0 spiro atoms. The maximum absolute atomic E-state index is 9.40. The van der Waals surface area contributed by atoms with Gasteiger partial charge >= 0.3 is 0 Å². The van der Waals surface area contributed by atoms with Gasteiger partial charge in [0.1, 0.15) is 17.4 Å². The molecule has 0 amide bonds. The van der Waals surface area contributed by atoms with Crippen molar-refractivity contribution in [2.75, 3.05) is 7.05 Å². The van der Waals surface area contributed by atoms with Gasteiger partial charge in [-0.1, -0.05) is 6.07 Å². The molecule has 1 saturated carbocycles. The first-order valence-electron chi connectivity index (χ1n) is 7.34. The van der Waals surface area contributed by atoms with Crippen molar-refractivity contribution >= 4 is 0 Å². The van der Waals surface area contributed by atoms with Crippen LogP contribution in [0.25, 0.3) is 0 Å². The summed E-state index contributed by atoms with van der Waals surface area (Å²) in [4.78, 5) is 0. The van der Waals surface area contributed by atoms with Crippen LogP contribution in [0, 0.1) is 32.1 Å². The van der Waals surface area contributed by atoms with Crippen molar-refractivity contribution in [1.82, 2.24) is 5.32 Å². The SMILES string of the molecule is CNC1(C#N)CCCC(Oc2cc(C)cc(C)c2C)C1. The second kappa shape index (κ2) is 5.85. The number of ether oxygens (including phenoxy) is 1. The third kappa shape index (κ3) is 2.96. The number of hydrogen-bond donors (Lipinski definition) is 1. The summed E-state index contributed by atoms with van der Waals surface area (Å²) >= 11 is 0. The van der Waals surface area contributed by atoms with Crippen LogP contribution in [-0.2, 0) is 0 Å². The molecule has 0 heterocycles. The van der Waals surface area contributed by atoms with Crippen molar-refractivity contribution in [1.29, 1.82) is 5.26 Å². The van der Waals surface area contributed by atoms with Crippen molar-refractivity contribution in [2.45, 2.75) is 58.1 Å². The zero-order valence-corrected chi connectivity index (χ0v) is 12.9. The molecule has 2 rings (SSSR count). The Labute approximate surface area is 121 Å². The number of benzene rings is 1. The molecule has 3 nitrogen and oxygen atoms in total. The number of rotatable bonds is 3. The van der Waals surface area contributed by atoms with Crippen molar-refractivity contribution < 1.29 is 4.74 Å². The lowest BCUT2D eigenvalue weighted by molar-refractivity contribution is 0.115. The van der Waals surface area contributed by atoms with E-state index in [2.05, 4.69) is 44.3 Å². The Hall–Kier alpha value is -1.53. The highest BCUT2D eigenvalue weighted by Crippen LogP contribution is 2.32. The molecule has 0 aliphatic heterocycles. The fraction of sp³-hybridized carbons (Fsp3) is 0.588. The predicted octanol–water partition coefficient (Wildman–Crippen LogP) is 3.42. The number of nitrogens with one attached hydrogen (secondary N) is 1. The maximum atomic E-state index is 9.40. The minimum Gasteiger partial charge on any atom is -0.490 e. The average Bonchev–Trinajstić information content (AvgIpc) is 2.44. The van der Waals surface area contributed by atoms with Crippen molar-refractivity contribution in [3.8, 4) is 11.8 Å². The summed E-state index contributed by atoms with van der Waals surface area (Å²) in [6.45, 7) is 6.30. The molecule has 1 aliphatic carbocycles. The molecule has 1 fully saturated rings. The van der Waals surface area contributed by atoms with Gasteiger partial charge in [0, 0.05) is 6.42 Å². The average molecular weight is 272 g/mol. The van der Waals surface area contributed by atoms with E-state index in [0.717, 1.165) is 31.4 Å². The number of aryl methyl sites for hydroxylation is 2. The van der Waals surface area contributed by atoms with Crippen molar-refractivity contribution in [3.63, 3.8) is 0 Å². The van der Waals surface area contributed by atoms with Crippen LogP contribution < -0.4 is 10.1 Å². The minimum absolute atomic E-state index is 0.121. The summed E-state index contributed by atoms with van der Waals surface area (Å²) in [6.07, 6.45) is 3.84. The largest absolute Gasteiger partial charge is 0.490 e. The quantitative estimate of drug-likeness (QED) is 0.917. The van der Waals surface area contributed by atoms with Gasteiger partial charge in [0.05, 0.1) is 6.07 Å². The zero-order valence-electron chi connectivity index (χ0n) is 12.9. The topological polar surface area (TPSA) is 45.0 Å². The first-order valence-corrected chi connectivity index (χ1v) is 7.34. The molecular formula is C17H24N2O. The molecule has 0 bridgehead atoms. The van der Waals surface area contributed by atoms with Crippen LogP contribution in [-0.4, -0.2) is 18.7 Å². The smallest absolute Gasteiger partial charge is 0.123 e. The van der Waals surface area contributed by atoms with Gasteiger partial charge in [0.15, 0.2) is 0 Å². The molecule has 2 unspecified atom stereocenters. The molecule has 1 N–H and O–H groups in total. The van der Waals surface area contributed by atoms with Gasteiger partial charge in [-0.15, -0.1) is 0 Å². The van der Waals surface area contributed by atoms with Gasteiger partial charge < -0.3 is 10.1 Å². The third-order valence-corrected chi connectivity index (χ3v) is 4.46. The van der Waals surface area contributed by atoms with Crippen LogP contribution in [0.1, 0.15) is 42.4 Å². The van der Waals surface area contributed by atoms with Crippen molar-refractivity contribution in [3.05, 3.63) is 28.8 Å². The summed E-state index contributed by atoms with van der Waals surface area (Å²) in [6, 6.07) is 6.71. The fourth-order valence-corrected chi connectivity index (χ4v) is 3.01. The Bertz CT molecular complexity index is 533. The summed E-state index contributed by atoms with van der Waals surface area (Å²) in [5, 5.41) is 12.6. The molecule has 0 radical (unpaired) electrons. The highest BCUT2D eigenvalue weighted by atomic mass is 16.5. The lowest BCUT2D eigenvalue weighted by Gasteiger charge is -2.35. The third-order valence-electron chi connectivity index (χ3n) is 4.46. The van der Waals surface area contributed by atoms with Crippen LogP contribution in [0.15, 0.2) is 12.1 Å². The van der Waals surface area contributed by atoms with E-state index in [1.807, 2.05) is 7.05 Å². The zero-order chi connectivity index (χ0) is 14.8. The van der Waals surface area contributed by atoms with E-state index in [4.69, 9.17) is 4.74 Å². The van der Waals surface area contributed by atoms with Gasteiger partial charge in [0.25, 0.3) is 0 Å². The van der Waals surface area contributed by atoms with E-state index in [-0.39, 0.29) is 6.10 Å². The Morgan fingerprint density at radius 3 is 2.75 bits per heavy atom. The Kier molecular flexibility index (Phi) is 4.35. The maximum Gasteiger partial charge on any atom is 0.123 e. The van der Waals surface area contributed by atoms with Gasteiger partial charge in [-0.25, -0.2) is 0 Å². The molecule has 0 aromatic heterocycles. The fourth-order valence-electron chi connectivity index (χ4n) is 3.01. The van der Waals surface area contributed by atoms with E-state index in [1.54, 1.807) is 0 Å². The molecule has 1 aromatic rings. The Balaban J connectivity index is 2.17. The van der Waals surface area contributed by atoms with E-state index >= 15 is 0 Å². The second-order valence-electron chi connectivity index (χ2n) is 5.99. The van der Waals surface area contributed by atoms with E-state index in [1.165, 1.54) is 16.7 Å². The molecular weight excluding hydrogens is 248 g/mol. The highest BCUT2D eigenvalue weighted by Gasteiger charge is 2.36. The van der Waals surface area contributed by atoms with Crippen LogP contribution in [0.2, 0.25) is 0 Å².